The topological polar surface area (TPSA) is 118 Å². The fourth-order valence-corrected chi connectivity index (χ4v) is 2.93. The maximum atomic E-state index is 12.9. The Morgan fingerprint density at radius 3 is 2.75 bits per heavy atom. The van der Waals surface area contributed by atoms with Crippen LogP contribution in [0.2, 0.25) is 0 Å². The Labute approximate surface area is 177 Å². The number of benzene rings is 2. The van der Waals surface area contributed by atoms with Crippen molar-refractivity contribution in [2.75, 3.05) is 5.32 Å². The third kappa shape index (κ3) is 4.45. The first-order valence-corrected chi connectivity index (χ1v) is 8.98. The molecule has 12 heteroatoms. The van der Waals surface area contributed by atoms with Gasteiger partial charge in [0.05, 0.1) is 11.1 Å². The highest BCUT2D eigenvalue weighted by atomic mass is 19.4. The zero-order chi connectivity index (χ0) is 22.7. The average Bonchev–Trinajstić information content (AvgIpc) is 3.17. The zero-order valence-electron chi connectivity index (χ0n) is 16.0. The monoisotopic (exact) mass is 439 g/mol. The Kier molecular flexibility index (Phi) is 5.36. The fourth-order valence-electron chi connectivity index (χ4n) is 2.93. The van der Waals surface area contributed by atoms with Crippen LogP contribution in [-0.2, 0) is 6.18 Å². The van der Waals surface area contributed by atoms with Crippen molar-refractivity contribution in [3.05, 3.63) is 83.1 Å². The van der Waals surface area contributed by atoms with Gasteiger partial charge in [-0.2, -0.15) is 13.2 Å². The summed E-state index contributed by atoms with van der Waals surface area (Å²) in [6.07, 6.45) is -1.84. The number of hydrogen-bond donors (Lipinski definition) is 1. The number of ether oxygens (including phenoxy) is 1. The minimum absolute atomic E-state index is 0.0197. The first-order chi connectivity index (χ1) is 15.3. The van der Waals surface area contributed by atoms with Gasteiger partial charge in [-0.25, -0.2) is 14.8 Å². The molecule has 4 aromatic rings. The van der Waals surface area contributed by atoms with E-state index in [2.05, 4.69) is 25.3 Å². The summed E-state index contributed by atoms with van der Waals surface area (Å²) in [4.78, 5) is 23.0. The van der Waals surface area contributed by atoms with Gasteiger partial charge < -0.3 is 10.1 Å². The Hall–Kier alpha value is -4.57. The number of azide groups is 1. The molecule has 160 valence electrons. The molecule has 1 N–H and O–H groups in total. The minimum atomic E-state index is -4.51. The second kappa shape index (κ2) is 8.28. The standard InChI is InChI=1S/C20H12F3N7O2/c21-20(22,23)13-2-1-3-14(9-13)27-19(31)30-7-6-12-8-15(4-5-16(12)30)32-18-10-17(28-29-24)25-11-26-18/h1-11H,(H,27,31). The largest absolute Gasteiger partial charge is 0.439 e. The van der Waals surface area contributed by atoms with Crippen molar-refractivity contribution in [3.8, 4) is 11.6 Å². The molecule has 0 fully saturated rings. The SMILES string of the molecule is [N-]=[N+]=Nc1cc(Oc2ccc3c(ccn3C(=O)Nc3cccc(C(F)(F)F)c3)c2)ncn1. The Balaban J connectivity index is 1.55. The number of hydrogen-bond acceptors (Lipinski definition) is 5. The molecule has 2 heterocycles. The molecule has 1 amide bonds. The average molecular weight is 439 g/mol. The van der Waals surface area contributed by atoms with Gasteiger partial charge in [0.25, 0.3) is 0 Å². The lowest BCUT2D eigenvalue weighted by molar-refractivity contribution is -0.137. The van der Waals surface area contributed by atoms with Crippen molar-refractivity contribution in [1.29, 1.82) is 0 Å². The van der Waals surface area contributed by atoms with E-state index >= 15 is 0 Å². The molecule has 2 aromatic heterocycles. The van der Waals surface area contributed by atoms with Crippen LogP contribution in [-0.4, -0.2) is 20.6 Å². The van der Waals surface area contributed by atoms with Crippen LogP contribution in [0.25, 0.3) is 21.3 Å². The van der Waals surface area contributed by atoms with Gasteiger partial charge in [0.2, 0.25) is 5.88 Å². The number of alkyl halides is 3. The Morgan fingerprint density at radius 1 is 1.12 bits per heavy atom. The summed E-state index contributed by atoms with van der Waals surface area (Å²) < 4.78 is 45.5. The predicted octanol–water partition coefficient (Wildman–Crippen LogP) is 6.26. The van der Waals surface area contributed by atoms with Crippen LogP contribution < -0.4 is 10.1 Å². The van der Waals surface area contributed by atoms with Crippen molar-refractivity contribution < 1.29 is 22.7 Å². The smallest absolute Gasteiger partial charge is 0.416 e. The molecule has 0 radical (unpaired) electrons. The van der Waals surface area contributed by atoms with Crippen LogP contribution >= 0.6 is 0 Å². The minimum Gasteiger partial charge on any atom is -0.439 e. The van der Waals surface area contributed by atoms with Crippen LogP contribution in [0.1, 0.15) is 5.56 Å². The van der Waals surface area contributed by atoms with Gasteiger partial charge in [0, 0.05) is 28.2 Å². The van der Waals surface area contributed by atoms with Crippen LogP contribution in [0, 0.1) is 0 Å². The van der Waals surface area contributed by atoms with Crippen molar-refractivity contribution in [2.24, 2.45) is 5.11 Å². The Morgan fingerprint density at radius 2 is 1.97 bits per heavy atom. The lowest BCUT2D eigenvalue weighted by Gasteiger charge is -2.11. The van der Waals surface area contributed by atoms with Gasteiger partial charge in [0.1, 0.15) is 17.9 Å². The van der Waals surface area contributed by atoms with E-state index in [0.29, 0.717) is 16.7 Å². The molecule has 2 aromatic carbocycles. The summed E-state index contributed by atoms with van der Waals surface area (Å²) in [7, 11) is 0. The second-order valence-corrected chi connectivity index (χ2v) is 6.42. The molecule has 0 aliphatic rings. The number of aromatic nitrogens is 3. The molecule has 0 aliphatic heterocycles. The number of anilines is 1. The molecule has 0 unspecified atom stereocenters. The van der Waals surface area contributed by atoms with Crippen molar-refractivity contribution in [3.63, 3.8) is 0 Å². The van der Waals surface area contributed by atoms with E-state index in [1.807, 2.05) is 0 Å². The maximum Gasteiger partial charge on any atom is 0.416 e. The van der Waals surface area contributed by atoms with Crippen molar-refractivity contribution in [1.82, 2.24) is 14.5 Å². The predicted molar refractivity (Wildman–Crippen MR) is 109 cm³/mol. The number of carbonyl (C=O) groups excluding carboxylic acids is 1. The third-order valence-electron chi connectivity index (χ3n) is 4.32. The maximum absolute atomic E-state index is 12.9. The quantitative estimate of drug-likeness (QED) is 0.229. The van der Waals surface area contributed by atoms with Crippen molar-refractivity contribution >= 4 is 28.4 Å². The zero-order valence-corrected chi connectivity index (χ0v) is 16.0. The molecule has 0 spiro atoms. The highest BCUT2D eigenvalue weighted by Gasteiger charge is 2.30. The normalized spacial score (nSPS) is 11.1. The third-order valence-corrected chi connectivity index (χ3v) is 4.32. The molecule has 32 heavy (non-hydrogen) atoms. The molecular weight excluding hydrogens is 427 g/mol. The van der Waals surface area contributed by atoms with E-state index in [-0.39, 0.29) is 17.4 Å². The van der Waals surface area contributed by atoms with Crippen LogP contribution in [0.3, 0.4) is 0 Å². The highest BCUT2D eigenvalue weighted by molar-refractivity contribution is 5.98. The molecule has 0 bridgehead atoms. The molecule has 0 saturated carbocycles. The lowest BCUT2D eigenvalue weighted by Crippen LogP contribution is -2.18. The van der Waals surface area contributed by atoms with E-state index < -0.39 is 17.8 Å². The Bertz CT molecular complexity index is 1360. The summed E-state index contributed by atoms with van der Waals surface area (Å²) in [5.74, 6) is 0.651. The van der Waals surface area contributed by atoms with E-state index in [4.69, 9.17) is 10.3 Å². The van der Waals surface area contributed by atoms with Crippen LogP contribution in [0.4, 0.5) is 29.5 Å². The van der Waals surface area contributed by atoms with E-state index in [0.717, 1.165) is 12.1 Å². The van der Waals surface area contributed by atoms with Gasteiger partial charge in [-0.3, -0.25) is 4.57 Å². The number of rotatable bonds is 4. The molecule has 0 aliphatic carbocycles. The number of nitrogens with one attached hydrogen (secondary N) is 1. The van der Waals surface area contributed by atoms with Gasteiger partial charge in [0.15, 0.2) is 0 Å². The molecule has 0 saturated heterocycles. The first-order valence-electron chi connectivity index (χ1n) is 8.98. The number of carbonyl (C=O) groups is 1. The fraction of sp³-hybridized carbons (Fsp3) is 0.0500. The van der Waals surface area contributed by atoms with Crippen molar-refractivity contribution in [2.45, 2.75) is 6.18 Å². The number of amides is 1. The van der Waals surface area contributed by atoms with Gasteiger partial charge >= 0.3 is 12.2 Å². The van der Waals surface area contributed by atoms with Crippen LogP contribution in [0.15, 0.2) is 72.2 Å². The van der Waals surface area contributed by atoms with E-state index in [1.165, 1.54) is 35.3 Å². The summed E-state index contributed by atoms with van der Waals surface area (Å²) in [5, 5.41) is 6.48. The van der Waals surface area contributed by atoms with E-state index in [9.17, 15) is 18.0 Å². The second-order valence-electron chi connectivity index (χ2n) is 6.42. The number of nitrogens with zero attached hydrogens (tertiary/aromatic N) is 6. The lowest BCUT2D eigenvalue weighted by atomic mass is 10.2. The molecular formula is C20H12F3N7O2. The summed E-state index contributed by atoms with van der Waals surface area (Å²) in [6, 6.07) is 11.6. The summed E-state index contributed by atoms with van der Waals surface area (Å²) in [6.45, 7) is 0. The highest BCUT2D eigenvalue weighted by Crippen LogP contribution is 2.31. The summed E-state index contributed by atoms with van der Waals surface area (Å²) in [5.41, 5.74) is 8.15. The number of halogens is 3. The van der Waals surface area contributed by atoms with Gasteiger partial charge in [-0.05, 0) is 53.1 Å². The number of fused-ring (bicyclic) bond motifs is 1. The molecule has 4 rings (SSSR count). The van der Waals surface area contributed by atoms with Gasteiger partial charge in [-0.15, -0.1) is 0 Å². The van der Waals surface area contributed by atoms with Gasteiger partial charge in [-0.1, -0.05) is 6.07 Å². The molecule has 0 atom stereocenters. The summed E-state index contributed by atoms with van der Waals surface area (Å²) >= 11 is 0. The molecule has 9 nitrogen and oxygen atoms in total. The first kappa shape index (κ1) is 20.7. The van der Waals surface area contributed by atoms with E-state index in [1.54, 1.807) is 24.3 Å². The van der Waals surface area contributed by atoms with Crippen LogP contribution in [0.5, 0.6) is 11.6 Å².